The van der Waals surface area contributed by atoms with Gasteiger partial charge >= 0.3 is 5.97 Å². The monoisotopic (exact) mass is 767 g/mol. The standard InChI is InChI=1S/C30H45N3O20/c1-10(36)32-17-12(38)6-30(29(46)47,52-24(17)19(40)13(39)7-31-26(44)14-4-3-5-48-14)53-25-20(41)15(8-34)50-28(22(25)43)51-23-16(9-35)49-27(45)18(21(23)42)33-11(2)37/h3-5,12-13,15-25,27-28,34-35,38-43,45H,6-9H2,1-2H3,(H,31,44)(H,32,36)(H,33,37)(H,46,47)/t12-,13+,15+,16+,17+,18+,19+,20-,21+,22+,23+,24+,25-,27+,28-,30-/m0/s1. The lowest BCUT2D eigenvalue weighted by molar-refractivity contribution is -0.382. The van der Waals surface area contributed by atoms with Gasteiger partial charge in [-0.05, 0) is 12.1 Å². The van der Waals surface area contributed by atoms with Gasteiger partial charge in [0.15, 0.2) is 18.3 Å². The van der Waals surface area contributed by atoms with Gasteiger partial charge in [0.1, 0.15) is 61.0 Å². The first-order chi connectivity index (χ1) is 24.9. The van der Waals surface area contributed by atoms with Crippen LogP contribution < -0.4 is 16.0 Å². The van der Waals surface area contributed by atoms with Crippen LogP contribution in [0.3, 0.4) is 0 Å². The summed E-state index contributed by atoms with van der Waals surface area (Å²) < 4.78 is 32.7. The van der Waals surface area contributed by atoms with Crippen LogP contribution in [0.1, 0.15) is 30.8 Å². The lowest BCUT2D eigenvalue weighted by Gasteiger charge is -2.50. The van der Waals surface area contributed by atoms with Gasteiger partial charge in [0.2, 0.25) is 11.8 Å². The number of nitrogens with one attached hydrogen (secondary N) is 3. The van der Waals surface area contributed by atoms with Crippen LogP contribution >= 0.6 is 0 Å². The fourth-order valence-corrected chi connectivity index (χ4v) is 6.27. The van der Waals surface area contributed by atoms with Crippen molar-refractivity contribution in [3.63, 3.8) is 0 Å². The predicted octanol–water partition coefficient (Wildman–Crippen LogP) is -7.05. The third-order valence-electron chi connectivity index (χ3n) is 8.90. The average Bonchev–Trinajstić information content (AvgIpc) is 3.65. The molecule has 0 saturated carbocycles. The Bertz CT molecular complexity index is 1400. The number of aliphatic hydroxyl groups excluding tert-OH is 9. The molecule has 1 aromatic rings. The van der Waals surface area contributed by atoms with E-state index in [0.717, 1.165) is 13.8 Å². The Balaban J connectivity index is 1.61. The van der Waals surface area contributed by atoms with Crippen LogP contribution in [0, 0.1) is 0 Å². The number of carbonyl (C=O) groups excluding carboxylic acids is 3. The Hall–Kier alpha value is -3.40. The zero-order valence-electron chi connectivity index (χ0n) is 28.3. The average molecular weight is 768 g/mol. The lowest BCUT2D eigenvalue weighted by Crippen LogP contribution is -2.71. The van der Waals surface area contributed by atoms with E-state index < -0.39 is 147 Å². The van der Waals surface area contributed by atoms with Gasteiger partial charge < -0.3 is 95.1 Å². The number of hydrogen-bond acceptors (Lipinski definition) is 19. The van der Waals surface area contributed by atoms with Crippen molar-refractivity contribution in [3.05, 3.63) is 24.2 Å². The van der Waals surface area contributed by atoms with Crippen molar-refractivity contribution < 1.29 is 98.3 Å². The van der Waals surface area contributed by atoms with E-state index >= 15 is 0 Å². The van der Waals surface area contributed by atoms with Crippen molar-refractivity contribution in [2.45, 2.75) is 118 Å². The predicted molar refractivity (Wildman–Crippen MR) is 166 cm³/mol. The molecule has 3 saturated heterocycles. The number of aliphatic hydroxyl groups is 9. The third-order valence-corrected chi connectivity index (χ3v) is 8.90. The smallest absolute Gasteiger partial charge is 0.364 e. The number of carboxylic acid groups (broad SMARTS) is 1. The molecule has 3 aliphatic rings. The van der Waals surface area contributed by atoms with Gasteiger partial charge in [-0.15, -0.1) is 0 Å². The molecule has 3 amide bonds. The van der Waals surface area contributed by atoms with Gasteiger partial charge in [0.25, 0.3) is 11.7 Å². The lowest BCUT2D eigenvalue weighted by atomic mass is 9.88. The number of hydrogen-bond donors (Lipinski definition) is 13. The normalized spacial score (nSPS) is 38.7. The first-order valence-corrected chi connectivity index (χ1v) is 16.3. The fraction of sp³-hybridized carbons (Fsp3) is 0.733. The number of carboxylic acids is 1. The molecule has 3 fully saturated rings. The molecule has 0 bridgehead atoms. The topological polar surface area (TPSA) is 366 Å². The minimum absolute atomic E-state index is 0.148. The summed E-state index contributed by atoms with van der Waals surface area (Å²) in [7, 11) is 0. The maximum absolute atomic E-state index is 12.9. The first-order valence-electron chi connectivity index (χ1n) is 16.3. The Morgan fingerprint density at radius 2 is 1.55 bits per heavy atom. The molecule has 13 N–H and O–H groups in total. The number of carbonyl (C=O) groups is 4. The van der Waals surface area contributed by atoms with Crippen LogP contribution in [-0.4, -0.2) is 192 Å². The number of aliphatic carboxylic acids is 1. The van der Waals surface area contributed by atoms with Gasteiger partial charge in [-0.1, -0.05) is 0 Å². The van der Waals surface area contributed by atoms with Crippen molar-refractivity contribution in [2.24, 2.45) is 0 Å². The molecule has 0 aromatic carbocycles. The van der Waals surface area contributed by atoms with E-state index in [2.05, 4.69) is 16.0 Å². The molecule has 4 rings (SSSR count). The third kappa shape index (κ3) is 9.46. The van der Waals surface area contributed by atoms with Crippen LogP contribution in [-0.2, 0) is 38.1 Å². The number of rotatable bonds is 14. The van der Waals surface area contributed by atoms with E-state index in [1.807, 2.05) is 0 Å². The molecule has 23 nitrogen and oxygen atoms in total. The maximum Gasteiger partial charge on any atom is 0.364 e. The minimum Gasteiger partial charge on any atom is -0.477 e. The van der Waals surface area contributed by atoms with Crippen molar-refractivity contribution in [2.75, 3.05) is 19.8 Å². The summed E-state index contributed by atoms with van der Waals surface area (Å²) in [6, 6.07) is -0.398. The van der Waals surface area contributed by atoms with Crippen LogP contribution in [0.5, 0.6) is 0 Å². The molecule has 3 aliphatic heterocycles. The van der Waals surface area contributed by atoms with Gasteiger partial charge in [-0.25, -0.2) is 4.79 Å². The molecule has 0 aliphatic carbocycles. The maximum atomic E-state index is 12.9. The second kappa shape index (κ2) is 17.8. The highest BCUT2D eigenvalue weighted by molar-refractivity contribution is 5.91. The molecule has 53 heavy (non-hydrogen) atoms. The van der Waals surface area contributed by atoms with E-state index in [1.165, 1.54) is 18.4 Å². The molecule has 0 unspecified atom stereocenters. The Morgan fingerprint density at radius 3 is 2.11 bits per heavy atom. The molecular weight excluding hydrogens is 722 g/mol. The highest BCUT2D eigenvalue weighted by atomic mass is 16.8. The van der Waals surface area contributed by atoms with Gasteiger partial charge in [0.05, 0.1) is 37.7 Å². The highest BCUT2D eigenvalue weighted by Crippen LogP contribution is 2.38. The zero-order valence-corrected chi connectivity index (χ0v) is 28.3. The molecule has 1 aromatic heterocycles. The number of furan rings is 1. The highest BCUT2D eigenvalue weighted by Gasteiger charge is 2.60. The van der Waals surface area contributed by atoms with Gasteiger partial charge in [0, 0.05) is 26.8 Å². The molecule has 300 valence electrons. The quantitative estimate of drug-likeness (QED) is 0.0836. The van der Waals surface area contributed by atoms with E-state index in [4.69, 9.17) is 28.1 Å². The summed E-state index contributed by atoms with van der Waals surface area (Å²) >= 11 is 0. The summed E-state index contributed by atoms with van der Waals surface area (Å²) in [6.45, 7) is -0.456. The summed E-state index contributed by atoms with van der Waals surface area (Å²) in [5, 5.41) is 114. The van der Waals surface area contributed by atoms with Crippen LogP contribution in [0.4, 0.5) is 0 Å². The van der Waals surface area contributed by atoms with Crippen LogP contribution in [0.2, 0.25) is 0 Å². The van der Waals surface area contributed by atoms with E-state index in [-0.39, 0.29) is 5.76 Å². The van der Waals surface area contributed by atoms with E-state index in [9.17, 15) is 70.2 Å². The Kier molecular flexibility index (Phi) is 14.2. The number of amides is 3. The molecule has 4 heterocycles. The summed E-state index contributed by atoms with van der Waals surface area (Å²) in [6.07, 6.45) is -24.9. The Morgan fingerprint density at radius 1 is 0.906 bits per heavy atom. The molecule has 0 spiro atoms. The van der Waals surface area contributed by atoms with Crippen molar-refractivity contribution >= 4 is 23.7 Å². The summed E-state index contributed by atoms with van der Waals surface area (Å²) in [5.41, 5.74) is 0. The second-order valence-electron chi connectivity index (χ2n) is 12.7. The number of ether oxygens (including phenoxy) is 5. The molecule has 0 radical (unpaired) electrons. The van der Waals surface area contributed by atoms with Crippen molar-refractivity contribution in [3.8, 4) is 0 Å². The molecular formula is C30H45N3O20. The van der Waals surface area contributed by atoms with Gasteiger partial charge in [-0.3, -0.25) is 14.4 Å². The summed E-state index contributed by atoms with van der Waals surface area (Å²) in [4.78, 5) is 48.9. The summed E-state index contributed by atoms with van der Waals surface area (Å²) in [5.74, 6) is -7.51. The van der Waals surface area contributed by atoms with E-state index in [1.54, 1.807) is 0 Å². The first kappa shape index (κ1) is 42.3. The zero-order chi connectivity index (χ0) is 39.4. The van der Waals surface area contributed by atoms with Crippen molar-refractivity contribution in [1.29, 1.82) is 0 Å². The Labute approximate surface area is 300 Å². The second-order valence-corrected chi connectivity index (χ2v) is 12.7. The van der Waals surface area contributed by atoms with Crippen LogP contribution in [0.25, 0.3) is 0 Å². The fourth-order valence-electron chi connectivity index (χ4n) is 6.27. The minimum atomic E-state index is -3.09. The van der Waals surface area contributed by atoms with Crippen LogP contribution in [0.15, 0.2) is 22.8 Å². The largest absolute Gasteiger partial charge is 0.477 e. The molecule has 16 atom stereocenters. The SMILES string of the molecule is CC(=O)N[C@@H]1[C@@H](O)[C@H](O[C@@H]2O[C@H](CO)[C@H](O)[C@H](O[C@]3(C(=O)O)C[C@H](O)[C@@H](NC(C)=O)[C@H]([C@H](O)[C@H](O)CNC(=O)c4ccco4)O3)[C@H]2O)[C@@H](CO)O[C@H]1O. The molecule has 23 heteroatoms. The van der Waals surface area contributed by atoms with Gasteiger partial charge in [-0.2, -0.15) is 0 Å². The van der Waals surface area contributed by atoms with E-state index in [0.29, 0.717) is 0 Å². The van der Waals surface area contributed by atoms with Crippen molar-refractivity contribution in [1.82, 2.24) is 16.0 Å².